The maximum Gasteiger partial charge on any atom is 0.254 e. The molecule has 188 valence electrons. The number of rotatable bonds is 6. The Morgan fingerprint density at radius 1 is 1.00 bits per heavy atom. The monoisotopic (exact) mass is 503 g/mol. The lowest BCUT2D eigenvalue weighted by Gasteiger charge is -2.45. The summed E-state index contributed by atoms with van der Waals surface area (Å²) in [5, 5.41) is 2.03. The van der Waals surface area contributed by atoms with E-state index in [0.717, 1.165) is 35.0 Å². The van der Waals surface area contributed by atoms with Crippen molar-refractivity contribution in [3.63, 3.8) is 0 Å². The first kappa shape index (κ1) is 24.4. The van der Waals surface area contributed by atoms with Crippen LogP contribution in [0.5, 0.6) is 5.75 Å². The topological polar surface area (TPSA) is 53.1 Å². The van der Waals surface area contributed by atoms with E-state index in [1.165, 1.54) is 0 Å². The number of piperazine rings is 1. The zero-order valence-electron chi connectivity index (χ0n) is 21.1. The van der Waals surface area contributed by atoms with Crippen molar-refractivity contribution >= 4 is 28.8 Å². The minimum atomic E-state index is -0.422. The number of nitrogens with zero attached hydrogens (tertiary/aromatic N) is 3. The number of fused-ring (bicyclic) bond motifs is 1. The van der Waals surface area contributed by atoms with Gasteiger partial charge in [-0.05, 0) is 41.1 Å². The normalized spacial score (nSPS) is 20.0. The second-order valence-electron chi connectivity index (χ2n) is 9.86. The molecule has 0 bridgehead atoms. The van der Waals surface area contributed by atoms with E-state index in [2.05, 4.69) is 30.9 Å². The van der Waals surface area contributed by atoms with E-state index in [9.17, 15) is 9.59 Å². The molecule has 0 N–H and O–H groups in total. The number of benzene rings is 2. The van der Waals surface area contributed by atoms with Gasteiger partial charge in [0, 0.05) is 43.2 Å². The van der Waals surface area contributed by atoms with Gasteiger partial charge >= 0.3 is 0 Å². The van der Waals surface area contributed by atoms with Crippen molar-refractivity contribution in [1.82, 2.24) is 9.80 Å². The van der Waals surface area contributed by atoms with Crippen LogP contribution in [0.15, 0.2) is 66.0 Å². The summed E-state index contributed by atoms with van der Waals surface area (Å²) < 4.78 is 5.56. The highest BCUT2D eigenvalue weighted by molar-refractivity contribution is 7.10. The quantitative estimate of drug-likeness (QED) is 0.473. The highest BCUT2D eigenvalue weighted by Gasteiger charge is 2.46. The number of hydrogen-bond acceptors (Lipinski definition) is 5. The van der Waals surface area contributed by atoms with Crippen molar-refractivity contribution in [2.45, 2.75) is 25.8 Å². The van der Waals surface area contributed by atoms with Crippen LogP contribution in [0, 0.1) is 5.92 Å². The van der Waals surface area contributed by atoms with Gasteiger partial charge in [0.15, 0.2) is 0 Å². The number of para-hydroxylation sites is 2. The summed E-state index contributed by atoms with van der Waals surface area (Å²) in [6.45, 7) is 7.58. The molecule has 2 aliphatic rings. The molecule has 2 aromatic carbocycles. The van der Waals surface area contributed by atoms with Gasteiger partial charge < -0.3 is 19.4 Å². The molecule has 0 saturated carbocycles. The molecule has 6 nitrogen and oxygen atoms in total. The Kier molecular flexibility index (Phi) is 7.01. The van der Waals surface area contributed by atoms with E-state index < -0.39 is 5.92 Å². The molecule has 5 rings (SSSR count). The van der Waals surface area contributed by atoms with Gasteiger partial charge in [0.05, 0.1) is 24.8 Å². The van der Waals surface area contributed by atoms with Crippen molar-refractivity contribution in [2.75, 3.05) is 44.7 Å². The summed E-state index contributed by atoms with van der Waals surface area (Å²) in [4.78, 5) is 35.2. The average molecular weight is 504 g/mol. The smallest absolute Gasteiger partial charge is 0.254 e. The van der Waals surface area contributed by atoms with Crippen LogP contribution in [-0.2, 0) is 4.79 Å². The molecule has 2 amide bonds. The molecule has 0 unspecified atom stereocenters. The van der Waals surface area contributed by atoms with Gasteiger partial charge in [-0.2, -0.15) is 0 Å². The molecule has 3 heterocycles. The molecular weight excluding hydrogens is 470 g/mol. The fourth-order valence-corrected chi connectivity index (χ4v) is 6.36. The van der Waals surface area contributed by atoms with Gasteiger partial charge in [0.1, 0.15) is 5.75 Å². The molecule has 2 atom stereocenters. The molecule has 7 heteroatoms. The Labute approximate surface area is 217 Å². The largest absolute Gasteiger partial charge is 0.495 e. The lowest BCUT2D eigenvalue weighted by molar-refractivity contribution is -0.135. The van der Waals surface area contributed by atoms with Crippen LogP contribution < -0.4 is 9.64 Å². The van der Waals surface area contributed by atoms with E-state index in [1.54, 1.807) is 18.4 Å². The number of hydrogen-bond donors (Lipinski definition) is 0. The van der Waals surface area contributed by atoms with E-state index in [4.69, 9.17) is 4.74 Å². The minimum Gasteiger partial charge on any atom is -0.495 e. The number of ether oxygens (including phenoxy) is 1. The van der Waals surface area contributed by atoms with Crippen LogP contribution in [0.4, 0.5) is 5.69 Å². The first-order chi connectivity index (χ1) is 17.5. The maximum absolute atomic E-state index is 14.3. The third-order valence-corrected chi connectivity index (χ3v) is 8.06. The number of methoxy groups -OCH3 is 1. The third kappa shape index (κ3) is 4.48. The highest BCUT2D eigenvalue weighted by Crippen LogP contribution is 2.45. The van der Waals surface area contributed by atoms with E-state index >= 15 is 0 Å². The summed E-state index contributed by atoms with van der Waals surface area (Å²) in [7, 11) is 1.69. The Balaban J connectivity index is 1.46. The number of amides is 2. The second-order valence-corrected chi connectivity index (χ2v) is 10.8. The van der Waals surface area contributed by atoms with Gasteiger partial charge in [-0.15, -0.1) is 11.3 Å². The number of carbonyl (C=O) groups is 2. The van der Waals surface area contributed by atoms with Crippen molar-refractivity contribution < 1.29 is 14.3 Å². The molecule has 0 radical (unpaired) electrons. The Hall–Kier alpha value is -3.32. The highest BCUT2D eigenvalue weighted by atomic mass is 32.1. The van der Waals surface area contributed by atoms with Gasteiger partial charge in [0.2, 0.25) is 5.91 Å². The Bertz CT molecular complexity index is 1220. The third-order valence-electron chi connectivity index (χ3n) is 7.12. The fourth-order valence-electron chi connectivity index (χ4n) is 5.48. The van der Waals surface area contributed by atoms with Crippen LogP contribution in [-0.4, -0.2) is 61.4 Å². The number of thiophene rings is 1. The summed E-state index contributed by atoms with van der Waals surface area (Å²) in [5.74, 6) is 0.833. The SMILES string of the molecule is COc1ccccc1N1CCN(C(=O)[C@@H]2c3ccccc3C(=O)N(CC(C)C)[C@@H]2c2cccs2)CC1. The van der Waals surface area contributed by atoms with Crippen molar-refractivity contribution in [2.24, 2.45) is 5.92 Å². The van der Waals surface area contributed by atoms with Crippen LogP contribution in [0.2, 0.25) is 0 Å². The van der Waals surface area contributed by atoms with Crippen LogP contribution in [0.3, 0.4) is 0 Å². The summed E-state index contributed by atoms with van der Waals surface area (Å²) in [5.41, 5.74) is 2.55. The lowest BCUT2D eigenvalue weighted by Crippen LogP contribution is -2.53. The Morgan fingerprint density at radius 2 is 1.72 bits per heavy atom. The van der Waals surface area contributed by atoms with Crippen LogP contribution in [0.1, 0.15) is 46.6 Å². The van der Waals surface area contributed by atoms with Crippen molar-refractivity contribution in [1.29, 1.82) is 0 Å². The van der Waals surface area contributed by atoms with Gasteiger partial charge in [-0.3, -0.25) is 9.59 Å². The molecule has 1 aromatic heterocycles. The first-order valence-corrected chi connectivity index (χ1v) is 13.5. The number of carbonyl (C=O) groups excluding carboxylic acids is 2. The van der Waals surface area contributed by atoms with Crippen molar-refractivity contribution in [3.05, 3.63) is 82.0 Å². The minimum absolute atomic E-state index is 0.0164. The molecule has 36 heavy (non-hydrogen) atoms. The van der Waals surface area contributed by atoms with Gasteiger partial charge in [0.25, 0.3) is 5.91 Å². The van der Waals surface area contributed by atoms with Gasteiger partial charge in [-0.25, -0.2) is 0 Å². The number of anilines is 1. The molecule has 0 spiro atoms. The fraction of sp³-hybridized carbons (Fsp3) is 0.379. The van der Waals surface area contributed by atoms with Gasteiger partial charge in [-0.1, -0.05) is 50.2 Å². The maximum atomic E-state index is 14.3. The molecule has 1 fully saturated rings. The standard InChI is InChI=1S/C29H33N3O3S/c1-20(2)19-32-27(25-13-8-18-36-25)26(21-9-4-5-10-22(21)28(32)33)29(34)31-16-14-30(15-17-31)23-11-6-7-12-24(23)35-3/h4-13,18,20,26-27H,14-17,19H2,1-3H3/t26-,27-/m1/s1. The summed E-state index contributed by atoms with van der Waals surface area (Å²) >= 11 is 1.62. The molecule has 2 aliphatic heterocycles. The predicted molar refractivity (Wildman–Crippen MR) is 144 cm³/mol. The van der Waals surface area contributed by atoms with Crippen LogP contribution >= 0.6 is 11.3 Å². The zero-order chi connectivity index (χ0) is 25.2. The van der Waals surface area contributed by atoms with Crippen LogP contribution in [0.25, 0.3) is 0 Å². The van der Waals surface area contributed by atoms with E-state index in [-0.39, 0.29) is 17.9 Å². The van der Waals surface area contributed by atoms with Crippen molar-refractivity contribution in [3.8, 4) is 5.75 Å². The molecule has 3 aromatic rings. The van der Waals surface area contributed by atoms with E-state index in [1.807, 2.05) is 63.7 Å². The zero-order valence-corrected chi connectivity index (χ0v) is 21.9. The Morgan fingerprint density at radius 3 is 2.42 bits per heavy atom. The second kappa shape index (κ2) is 10.3. The summed E-state index contributed by atoms with van der Waals surface area (Å²) in [6, 6.07) is 19.5. The van der Waals surface area contributed by atoms with E-state index in [0.29, 0.717) is 31.1 Å². The average Bonchev–Trinajstić information content (AvgIpc) is 3.44. The predicted octanol–water partition coefficient (Wildman–Crippen LogP) is 5.04. The first-order valence-electron chi connectivity index (χ1n) is 12.6. The summed E-state index contributed by atoms with van der Waals surface area (Å²) in [6.07, 6.45) is 0. The molecule has 0 aliphatic carbocycles. The molecular formula is C29H33N3O3S. The molecule has 1 saturated heterocycles. The lowest BCUT2D eigenvalue weighted by atomic mass is 9.80.